The summed E-state index contributed by atoms with van der Waals surface area (Å²) in [6.45, 7) is 6.73. The number of aryl methyl sites for hydroxylation is 3. The van der Waals surface area contributed by atoms with Crippen LogP contribution in [-0.4, -0.2) is 0 Å². The fourth-order valence-electron chi connectivity index (χ4n) is 2.23. The summed E-state index contributed by atoms with van der Waals surface area (Å²) in [7, 11) is 0. The van der Waals surface area contributed by atoms with Crippen molar-refractivity contribution in [2.24, 2.45) is 0 Å². The van der Waals surface area contributed by atoms with E-state index >= 15 is 0 Å². The number of hydrogen-bond donors (Lipinski definition) is 0. The molecule has 0 spiro atoms. The molecule has 0 aliphatic carbocycles. The molecule has 1 aromatic carbocycles. The molecule has 0 saturated heterocycles. The Morgan fingerprint density at radius 2 is 1.94 bits per heavy atom. The zero-order chi connectivity index (χ0) is 12.3. The summed E-state index contributed by atoms with van der Waals surface area (Å²) in [5, 5.41) is 2.16. The second-order valence-electron chi connectivity index (χ2n) is 4.94. The number of rotatable bonds is 4. The van der Waals surface area contributed by atoms with Gasteiger partial charge in [-0.05, 0) is 48.3 Å². The van der Waals surface area contributed by atoms with E-state index in [1.807, 2.05) is 11.3 Å². The van der Waals surface area contributed by atoms with E-state index in [0.29, 0.717) is 5.92 Å². The van der Waals surface area contributed by atoms with Crippen molar-refractivity contribution in [3.63, 3.8) is 0 Å². The molecule has 0 nitrogen and oxygen atoms in total. The molecule has 0 bridgehead atoms. The van der Waals surface area contributed by atoms with Gasteiger partial charge >= 0.3 is 0 Å². The Morgan fingerprint density at radius 3 is 2.59 bits per heavy atom. The van der Waals surface area contributed by atoms with Crippen molar-refractivity contribution in [1.82, 2.24) is 0 Å². The average molecular weight is 244 g/mol. The minimum atomic E-state index is 0.619. The first-order valence-electron chi connectivity index (χ1n) is 6.28. The van der Waals surface area contributed by atoms with Gasteiger partial charge in [0, 0.05) is 4.88 Å². The van der Waals surface area contributed by atoms with E-state index in [1.54, 1.807) is 0 Å². The average Bonchev–Trinajstić information content (AvgIpc) is 2.78. The third-order valence-electron chi connectivity index (χ3n) is 3.14. The van der Waals surface area contributed by atoms with Gasteiger partial charge in [0.25, 0.3) is 0 Å². The lowest BCUT2D eigenvalue weighted by molar-refractivity contribution is 0.830. The van der Waals surface area contributed by atoms with Crippen molar-refractivity contribution < 1.29 is 0 Å². The maximum absolute atomic E-state index is 2.35. The Bertz CT molecular complexity index is 466. The molecule has 0 N–H and O–H groups in total. The summed E-state index contributed by atoms with van der Waals surface area (Å²) in [4.78, 5) is 1.49. The van der Waals surface area contributed by atoms with Gasteiger partial charge in [-0.3, -0.25) is 0 Å². The summed E-state index contributed by atoms with van der Waals surface area (Å²) < 4.78 is 0. The molecule has 2 rings (SSSR count). The number of hydrogen-bond acceptors (Lipinski definition) is 1. The molecule has 1 aromatic heterocycles. The minimum absolute atomic E-state index is 0.619. The molecule has 1 heterocycles. The summed E-state index contributed by atoms with van der Waals surface area (Å²) in [5.41, 5.74) is 4.40. The third-order valence-corrected chi connectivity index (χ3v) is 4.08. The van der Waals surface area contributed by atoms with Gasteiger partial charge in [0.05, 0.1) is 0 Å². The normalized spacial score (nSPS) is 11.1. The highest BCUT2D eigenvalue weighted by Gasteiger charge is 2.07. The smallest absolute Gasteiger partial charge is 0.00485 e. The predicted molar refractivity (Wildman–Crippen MR) is 77.0 cm³/mol. The Kier molecular flexibility index (Phi) is 4.01. The van der Waals surface area contributed by atoms with E-state index < -0.39 is 0 Å². The zero-order valence-corrected chi connectivity index (χ0v) is 11.7. The van der Waals surface area contributed by atoms with Crippen LogP contribution in [0.3, 0.4) is 0 Å². The van der Waals surface area contributed by atoms with Crippen LogP contribution >= 0.6 is 11.3 Å². The van der Waals surface area contributed by atoms with Crippen LogP contribution in [-0.2, 0) is 12.8 Å². The molecule has 0 aliphatic heterocycles. The van der Waals surface area contributed by atoms with E-state index in [2.05, 4.69) is 56.5 Å². The highest BCUT2D eigenvalue weighted by atomic mass is 32.1. The first kappa shape index (κ1) is 12.4. The van der Waals surface area contributed by atoms with E-state index in [0.717, 1.165) is 6.42 Å². The van der Waals surface area contributed by atoms with Crippen molar-refractivity contribution >= 4 is 11.3 Å². The first-order valence-corrected chi connectivity index (χ1v) is 7.16. The Balaban J connectivity index is 2.16. The summed E-state index contributed by atoms with van der Waals surface area (Å²) in [6.07, 6.45) is 2.33. The van der Waals surface area contributed by atoms with Gasteiger partial charge < -0.3 is 0 Å². The van der Waals surface area contributed by atoms with Crippen LogP contribution in [0.5, 0.6) is 0 Å². The van der Waals surface area contributed by atoms with Gasteiger partial charge in [0.15, 0.2) is 0 Å². The van der Waals surface area contributed by atoms with E-state index in [-0.39, 0.29) is 0 Å². The maximum atomic E-state index is 2.35. The Hall–Kier alpha value is -1.08. The third kappa shape index (κ3) is 3.19. The molecule has 0 aliphatic rings. The van der Waals surface area contributed by atoms with E-state index in [1.165, 1.54) is 28.0 Å². The van der Waals surface area contributed by atoms with Crippen LogP contribution in [0.2, 0.25) is 0 Å². The largest absolute Gasteiger partial charge is 0.149 e. The Labute approximate surface area is 108 Å². The molecule has 2 aromatic rings. The molecular formula is C16H20S. The molecule has 0 amide bonds. The molecule has 0 saturated carbocycles. The highest BCUT2D eigenvalue weighted by molar-refractivity contribution is 7.09. The van der Waals surface area contributed by atoms with Crippen LogP contribution in [0.1, 0.15) is 41.3 Å². The summed E-state index contributed by atoms with van der Waals surface area (Å²) in [5.74, 6) is 0.619. The lowest BCUT2D eigenvalue weighted by atomic mass is 9.93. The van der Waals surface area contributed by atoms with Gasteiger partial charge in [-0.25, -0.2) is 0 Å². The van der Waals surface area contributed by atoms with Gasteiger partial charge in [0.1, 0.15) is 0 Å². The standard InChI is InChI=1S/C16H20S/c1-12(2)16-9-6-13(3)11-14(16)7-8-15-5-4-10-17-15/h4-6,9-12H,7-8H2,1-3H3. The predicted octanol–water partition coefficient (Wildman–Crippen LogP) is 4.97. The van der Waals surface area contributed by atoms with Crippen molar-refractivity contribution in [2.45, 2.75) is 39.5 Å². The second kappa shape index (κ2) is 5.50. The van der Waals surface area contributed by atoms with Crippen LogP contribution < -0.4 is 0 Å². The maximum Gasteiger partial charge on any atom is 0.00485 e. The van der Waals surface area contributed by atoms with Crippen LogP contribution in [0.25, 0.3) is 0 Å². The van der Waals surface area contributed by atoms with Gasteiger partial charge in [-0.15, -0.1) is 11.3 Å². The quantitative estimate of drug-likeness (QED) is 0.712. The van der Waals surface area contributed by atoms with Gasteiger partial charge in [-0.1, -0.05) is 43.7 Å². The summed E-state index contributed by atoms with van der Waals surface area (Å²) >= 11 is 1.86. The van der Waals surface area contributed by atoms with Crippen molar-refractivity contribution in [3.8, 4) is 0 Å². The highest BCUT2D eigenvalue weighted by Crippen LogP contribution is 2.23. The topological polar surface area (TPSA) is 0 Å². The number of thiophene rings is 1. The molecule has 90 valence electrons. The zero-order valence-electron chi connectivity index (χ0n) is 10.9. The first-order chi connectivity index (χ1) is 8.16. The SMILES string of the molecule is Cc1ccc(C(C)C)c(CCc2cccs2)c1. The number of benzene rings is 1. The second-order valence-corrected chi connectivity index (χ2v) is 5.97. The van der Waals surface area contributed by atoms with Crippen LogP contribution in [0.15, 0.2) is 35.7 Å². The van der Waals surface area contributed by atoms with Crippen molar-refractivity contribution in [1.29, 1.82) is 0 Å². The molecule has 0 radical (unpaired) electrons. The van der Waals surface area contributed by atoms with Crippen LogP contribution in [0, 0.1) is 6.92 Å². The summed E-state index contributed by atoms with van der Waals surface area (Å²) in [6, 6.07) is 11.2. The van der Waals surface area contributed by atoms with Gasteiger partial charge in [-0.2, -0.15) is 0 Å². The minimum Gasteiger partial charge on any atom is -0.149 e. The van der Waals surface area contributed by atoms with E-state index in [9.17, 15) is 0 Å². The van der Waals surface area contributed by atoms with Crippen LogP contribution in [0.4, 0.5) is 0 Å². The monoisotopic (exact) mass is 244 g/mol. The fraction of sp³-hybridized carbons (Fsp3) is 0.375. The molecule has 0 unspecified atom stereocenters. The van der Waals surface area contributed by atoms with Gasteiger partial charge in [0.2, 0.25) is 0 Å². The molecule has 1 heteroatoms. The van der Waals surface area contributed by atoms with Crippen molar-refractivity contribution in [3.05, 3.63) is 57.3 Å². The van der Waals surface area contributed by atoms with E-state index in [4.69, 9.17) is 0 Å². The fourth-order valence-corrected chi connectivity index (χ4v) is 2.94. The molecular weight excluding hydrogens is 224 g/mol. The van der Waals surface area contributed by atoms with Crippen molar-refractivity contribution in [2.75, 3.05) is 0 Å². The lowest BCUT2D eigenvalue weighted by Gasteiger charge is -2.13. The molecule has 0 atom stereocenters. The molecule has 0 fully saturated rings. The lowest BCUT2D eigenvalue weighted by Crippen LogP contribution is -1.99. The molecule has 17 heavy (non-hydrogen) atoms. The Morgan fingerprint density at radius 1 is 1.12 bits per heavy atom.